The third kappa shape index (κ3) is 1.67. The van der Waals surface area contributed by atoms with Crippen LogP contribution in [0.4, 0.5) is 5.69 Å². The molecule has 4 nitrogen and oxygen atoms in total. The molecule has 1 atom stereocenters. The molecule has 0 saturated carbocycles. The number of hydrogen-bond donors (Lipinski definition) is 2. The van der Waals surface area contributed by atoms with Crippen molar-refractivity contribution < 1.29 is 10.2 Å². The second-order valence-electron chi connectivity index (χ2n) is 6.22. The molecule has 3 aromatic rings. The van der Waals surface area contributed by atoms with Crippen molar-refractivity contribution in [3.05, 3.63) is 60.2 Å². The largest absolute Gasteiger partial charge is 0.395 e. The van der Waals surface area contributed by atoms with Crippen LogP contribution in [-0.4, -0.2) is 27.1 Å². The zero-order chi connectivity index (χ0) is 16.3. The van der Waals surface area contributed by atoms with E-state index in [0.29, 0.717) is 0 Å². The Labute approximate surface area is 138 Å². The van der Waals surface area contributed by atoms with Crippen LogP contribution in [-0.2, 0) is 6.73 Å². The van der Waals surface area contributed by atoms with Crippen molar-refractivity contribution in [1.82, 2.24) is 4.57 Å². The number of allylic oxidation sites excluding steroid dienone is 2. The Balaban J connectivity index is 1.91. The number of aliphatic hydroxyl groups is 2. The zero-order valence-electron chi connectivity index (χ0n) is 13.0. The minimum Gasteiger partial charge on any atom is -0.395 e. The topological polar surface area (TPSA) is 57.8 Å². The first-order valence-electron chi connectivity index (χ1n) is 8.07. The molecule has 1 aromatic heterocycles. The number of aromatic nitrogens is 1. The normalized spacial score (nSPS) is 18.7. The summed E-state index contributed by atoms with van der Waals surface area (Å²) >= 11 is 0. The van der Waals surface area contributed by atoms with Gasteiger partial charge < -0.3 is 14.8 Å². The van der Waals surface area contributed by atoms with Gasteiger partial charge in [-0.15, -0.1) is 0 Å². The maximum atomic E-state index is 9.86. The average molecular weight is 316 g/mol. The number of hydrogen-bond acceptors (Lipinski definition) is 3. The van der Waals surface area contributed by atoms with E-state index in [1.165, 1.54) is 0 Å². The smallest absolute Gasteiger partial charge is 0.120 e. The van der Waals surface area contributed by atoms with E-state index < -0.39 is 0 Å². The van der Waals surface area contributed by atoms with Crippen LogP contribution in [0.3, 0.4) is 0 Å². The van der Waals surface area contributed by atoms with Gasteiger partial charge in [0.2, 0.25) is 0 Å². The number of rotatable bonds is 2. The summed E-state index contributed by atoms with van der Waals surface area (Å²) in [5.41, 5.74) is 6.11. The van der Waals surface area contributed by atoms with Crippen LogP contribution in [0.1, 0.15) is 5.56 Å². The Kier molecular flexibility index (Phi) is 2.80. The molecule has 4 heteroatoms. The molecule has 2 aliphatic rings. The van der Waals surface area contributed by atoms with Crippen molar-refractivity contribution >= 4 is 38.8 Å². The number of aliphatic hydroxyl groups excluding tert-OH is 2. The van der Waals surface area contributed by atoms with Gasteiger partial charge in [-0.1, -0.05) is 30.4 Å². The lowest BCUT2D eigenvalue weighted by Crippen LogP contribution is -2.08. The molecule has 0 spiro atoms. The Hall–Kier alpha value is -2.69. The molecule has 0 amide bonds. The van der Waals surface area contributed by atoms with E-state index in [0.717, 1.165) is 44.3 Å². The summed E-state index contributed by atoms with van der Waals surface area (Å²) < 4.78 is 1.92. The Morgan fingerprint density at radius 2 is 1.92 bits per heavy atom. The summed E-state index contributed by atoms with van der Waals surface area (Å²) in [4.78, 5) is 4.74. The lowest BCUT2D eigenvalue weighted by molar-refractivity contribution is 0.220. The third-order valence-electron chi connectivity index (χ3n) is 4.94. The molecule has 2 heterocycles. The van der Waals surface area contributed by atoms with Gasteiger partial charge in [0, 0.05) is 27.8 Å². The van der Waals surface area contributed by atoms with E-state index in [1.807, 2.05) is 47.1 Å². The molecule has 1 aliphatic carbocycles. The van der Waals surface area contributed by atoms with E-state index in [4.69, 9.17) is 4.99 Å². The highest BCUT2D eigenvalue weighted by molar-refractivity contribution is 6.38. The summed E-state index contributed by atoms with van der Waals surface area (Å²) in [5.74, 6) is 0.0198. The standard InChI is InChI=1S/C20H16N2O2/c23-10-12-5-6-15-14(9-12)19-16(21-15)7-8-18-20(19)13-3-1-2-4-17(13)22(18)11-24/h1-9,12,23-24H,10-11H2. The molecule has 2 aromatic carbocycles. The number of nitrogens with zero attached hydrogens (tertiary/aromatic N) is 2. The summed E-state index contributed by atoms with van der Waals surface area (Å²) in [5, 5.41) is 21.6. The van der Waals surface area contributed by atoms with Crippen LogP contribution in [0.15, 0.2) is 59.6 Å². The van der Waals surface area contributed by atoms with Gasteiger partial charge in [-0.2, -0.15) is 0 Å². The van der Waals surface area contributed by atoms with E-state index in [2.05, 4.69) is 12.1 Å². The van der Waals surface area contributed by atoms with Crippen LogP contribution >= 0.6 is 0 Å². The SMILES string of the molecule is OCC1C=CC2=Nc3ccc4c(c3C2=C1)c1ccccc1n4CO. The van der Waals surface area contributed by atoms with Gasteiger partial charge in [0.25, 0.3) is 0 Å². The molecule has 5 rings (SSSR count). The lowest BCUT2D eigenvalue weighted by Gasteiger charge is -2.13. The molecular weight excluding hydrogens is 300 g/mol. The highest BCUT2D eigenvalue weighted by Crippen LogP contribution is 2.45. The fourth-order valence-electron chi connectivity index (χ4n) is 3.86. The van der Waals surface area contributed by atoms with Gasteiger partial charge in [-0.25, -0.2) is 4.99 Å². The van der Waals surface area contributed by atoms with Gasteiger partial charge >= 0.3 is 0 Å². The Morgan fingerprint density at radius 1 is 1.04 bits per heavy atom. The second kappa shape index (κ2) is 4.90. The molecule has 0 bridgehead atoms. The quantitative estimate of drug-likeness (QED) is 0.761. The van der Waals surface area contributed by atoms with Crippen molar-refractivity contribution in [2.45, 2.75) is 6.73 Å². The van der Waals surface area contributed by atoms with Crippen molar-refractivity contribution in [2.24, 2.45) is 10.9 Å². The second-order valence-corrected chi connectivity index (χ2v) is 6.22. The van der Waals surface area contributed by atoms with Crippen LogP contribution in [0, 0.1) is 5.92 Å². The van der Waals surface area contributed by atoms with Crippen molar-refractivity contribution in [1.29, 1.82) is 0 Å². The lowest BCUT2D eigenvalue weighted by atomic mass is 9.90. The van der Waals surface area contributed by atoms with Crippen molar-refractivity contribution in [3.63, 3.8) is 0 Å². The Morgan fingerprint density at radius 3 is 2.75 bits per heavy atom. The molecule has 1 unspecified atom stereocenters. The van der Waals surface area contributed by atoms with E-state index >= 15 is 0 Å². The first kappa shape index (κ1) is 13.7. The van der Waals surface area contributed by atoms with Crippen LogP contribution in [0.25, 0.3) is 27.4 Å². The number of benzene rings is 2. The van der Waals surface area contributed by atoms with Crippen LogP contribution in [0.5, 0.6) is 0 Å². The van der Waals surface area contributed by atoms with Crippen LogP contribution < -0.4 is 0 Å². The molecule has 0 radical (unpaired) electrons. The fraction of sp³-hybridized carbons (Fsp3) is 0.150. The van der Waals surface area contributed by atoms with Crippen molar-refractivity contribution in [2.75, 3.05) is 6.61 Å². The summed E-state index contributed by atoms with van der Waals surface area (Å²) in [7, 11) is 0. The highest BCUT2D eigenvalue weighted by atomic mass is 16.3. The Bertz CT molecular complexity index is 1090. The first-order valence-corrected chi connectivity index (χ1v) is 8.07. The molecule has 24 heavy (non-hydrogen) atoms. The maximum Gasteiger partial charge on any atom is 0.120 e. The molecular formula is C20H16N2O2. The number of aliphatic imine (C=N–C) groups is 1. The van der Waals surface area contributed by atoms with Gasteiger partial charge in [-0.3, -0.25) is 0 Å². The van der Waals surface area contributed by atoms with Gasteiger partial charge in [-0.05, 0) is 24.3 Å². The van der Waals surface area contributed by atoms with E-state index in [-0.39, 0.29) is 19.3 Å². The molecule has 0 fully saturated rings. The zero-order valence-corrected chi connectivity index (χ0v) is 13.0. The maximum absolute atomic E-state index is 9.86. The van der Waals surface area contributed by atoms with E-state index in [9.17, 15) is 10.2 Å². The third-order valence-corrected chi connectivity index (χ3v) is 4.94. The van der Waals surface area contributed by atoms with Crippen molar-refractivity contribution in [3.8, 4) is 0 Å². The van der Waals surface area contributed by atoms with Gasteiger partial charge in [0.1, 0.15) is 6.73 Å². The fourth-order valence-corrected chi connectivity index (χ4v) is 3.86. The predicted molar refractivity (Wildman–Crippen MR) is 96.5 cm³/mol. The molecule has 118 valence electrons. The number of para-hydroxylation sites is 1. The van der Waals surface area contributed by atoms with E-state index in [1.54, 1.807) is 0 Å². The highest BCUT2D eigenvalue weighted by Gasteiger charge is 2.27. The summed E-state index contributed by atoms with van der Waals surface area (Å²) in [6.45, 7) is 0.0335. The van der Waals surface area contributed by atoms with Gasteiger partial charge in [0.05, 0.1) is 29.0 Å². The summed E-state index contributed by atoms with van der Waals surface area (Å²) in [6.07, 6.45) is 6.07. The minimum absolute atomic E-state index is 0.0198. The molecule has 2 N–H and O–H groups in total. The molecule has 1 aliphatic heterocycles. The molecule has 0 saturated heterocycles. The first-order chi connectivity index (χ1) is 11.8. The monoisotopic (exact) mass is 316 g/mol. The van der Waals surface area contributed by atoms with Gasteiger partial charge in [0.15, 0.2) is 0 Å². The predicted octanol–water partition coefficient (Wildman–Crippen LogP) is 3.39. The summed E-state index contributed by atoms with van der Waals surface area (Å²) in [6, 6.07) is 12.2. The van der Waals surface area contributed by atoms with Crippen LogP contribution in [0.2, 0.25) is 0 Å². The average Bonchev–Trinajstić information content (AvgIpc) is 3.15. The number of fused-ring (bicyclic) bond motifs is 7. The minimum atomic E-state index is -0.0608.